The number of H-pyrrole nitrogens is 1. The summed E-state index contributed by atoms with van der Waals surface area (Å²) in [6.07, 6.45) is 1.42. The second-order valence-corrected chi connectivity index (χ2v) is 4.08. The maximum Gasteiger partial charge on any atom is 0.330 e. The van der Waals surface area contributed by atoms with Gasteiger partial charge >= 0.3 is 5.69 Å². The molecule has 2 saturated heterocycles. The van der Waals surface area contributed by atoms with Crippen molar-refractivity contribution in [1.29, 1.82) is 0 Å². The number of rotatable bonds is 1. The van der Waals surface area contributed by atoms with Gasteiger partial charge in [0.05, 0.1) is 12.7 Å². The molecule has 7 heteroatoms. The molecule has 3 rings (SSSR count). The lowest BCUT2D eigenvalue weighted by Gasteiger charge is -2.23. The zero-order chi connectivity index (χ0) is 11.8. The van der Waals surface area contributed by atoms with Crippen molar-refractivity contribution in [2.45, 2.75) is 24.9 Å². The van der Waals surface area contributed by atoms with Crippen molar-refractivity contribution in [2.24, 2.45) is 0 Å². The van der Waals surface area contributed by atoms with Gasteiger partial charge in [-0.15, -0.1) is 0 Å². The SMILES string of the molecule is O=c1ccn(C2CC3OCOCC3O2)c(=O)[nH]1. The summed E-state index contributed by atoms with van der Waals surface area (Å²) in [5.74, 6) is 0. The average Bonchev–Trinajstić information content (AvgIpc) is 2.72. The van der Waals surface area contributed by atoms with Crippen LogP contribution in [0, 0.1) is 0 Å². The number of hydrogen-bond acceptors (Lipinski definition) is 5. The minimum absolute atomic E-state index is 0.0485. The van der Waals surface area contributed by atoms with Gasteiger partial charge in [0.1, 0.15) is 19.1 Å². The Hall–Kier alpha value is -1.44. The Balaban J connectivity index is 1.86. The van der Waals surface area contributed by atoms with Crippen LogP contribution in [0.25, 0.3) is 0 Å². The molecule has 92 valence electrons. The minimum Gasteiger partial charge on any atom is -0.353 e. The molecule has 1 aromatic rings. The number of nitrogens with one attached hydrogen (secondary N) is 1. The summed E-state index contributed by atoms with van der Waals surface area (Å²) in [5, 5.41) is 0. The van der Waals surface area contributed by atoms with Crippen LogP contribution < -0.4 is 11.2 Å². The summed E-state index contributed by atoms with van der Waals surface area (Å²) in [7, 11) is 0. The fourth-order valence-corrected chi connectivity index (χ4v) is 2.15. The van der Waals surface area contributed by atoms with E-state index < -0.39 is 17.5 Å². The van der Waals surface area contributed by atoms with E-state index in [-0.39, 0.29) is 19.0 Å². The zero-order valence-electron chi connectivity index (χ0n) is 9.00. The van der Waals surface area contributed by atoms with E-state index in [4.69, 9.17) is 14.2 Å². The molecule has 0 spiro atoms. The van der Waals surface area contributed by atoms with Crippen LogP contribution in [0.2, 0.25) is 0 Å². The van der Waals surface area contributed by atoms with E-state index in [9.17, 15) is 9.59 Å². The summed E-state index contributed by atoms with van der Waals surface area (Å²) in [6, 6.07) is 1.30. The Bertz CT molecular complexity index is 508. The smallest absolute Gasteiger partial charge is 0.330 e. The Kier molecular flexibility index (Phi) is 2.58. The number of ether oxygens (including phenoxy) is 3. The van der Waals surface area contributed by atoms with Crippen LogP contribution in [0.15, 0.2) is 21.9 Å². The molecule has 0 saturated carbocycles. The lowest BCUT2D eigenvalue weighted by atomic mass is 10.2. The Morgan fingerprint density at radius 1 is 1.35 bits per heavy atom. The Morgan fingerprint density at radius 3 is 3.00 bits per heavy atom. The minimum atomic E-state index is -0.470. The highest BCUT2D eigenvalue weighted by Gasteiger charge is 2.39. The van der Waals surface area contributed by atoms with Gasteiger partial charge in [0, 0.05) is 18.7 Å². The summed E-state index contributed by atoms with van der Waals surface area (Å²) < 4.78 is 17.5. The van der Waals surface area contributed by atoms with Crippen LogP contribution >= 0.6 is 0 Å². The van der Waals surface area contributed by atoms with Crippen molar-refractivity contribution in [3.8, 4) is 0 Å². The van der Waals surface area contributed by atoms with Gasteiger partial charge in [0.2, 0.25) is 0 Å². The summed E-state index contributed by atoms with van der Waals surface area (Å²) in [6.45, 7) is 0.733. The highest BCUT2D eigenvalue weighted by molar-refractivity contribution is 4.89. The summed E-state index contributed by atoms with van der Waals surface area (Å²) >= 11 is 0. The largest absolute Gasteiger partial charge is 0.353 e. The normalized spacial score (nSPS) is 32.4. The first-order chi connectivity index (χ1) is 8.24. The van der Waals surface area contributed by atoms with Gasteiger partial charge in [-0.1, -0.05) is 0 Å². The molecule has 0 aliphatic carbocycles. The molecule has 0 amide bonds. The summed E-state index contributed by atoms with van der Waals surface area (Å²) in [4.78, 5) is 24.7. The quantitative estimate of drug-likeness (QED) is 0.694. The van der Waals surface area contributed by atoms with Crippen molar-refractivity contribution in [3.63, 3.8) is 0 Å². The molecule has 2 aliphatic rings. The van der Waals surface area contributed by atoms with Crippen molar-refractivity contribution in [3.05, 3.63) is 33.1 Å². The molecular weight excluding hydrogens is 228 g/mol. The van der Waals surface area contributed by atoms with Gasteiger partial charge in [-0.2, -0.15) is 0 Å². The maximum atomic E-state index is 11.6. The molecule has 0 aromatic carbocycles. The fourth-order valence-electron chi connectivity index (χ4n) is 2.15. The molecule has 3 heterocycles. The molecule has 0 radical (unpaired) electrons. The average molecular weight is 240 g/mol. The Labute approximate surface area is 95.9 Å². The van der Waals surface area contributed by atoms with E-state index in [1.54, 1.807) is 0 Å². The predicted molar refractivity (Wildman–Crippen MR) is 55.5 cm³/mol. The van der Waals surface area contributed by atoms with Gasteiger partial charge in [-0.25, -0.2) is 4.79 Å². The molecule has 1 N–H and O–H groups in total. The maximum absolute atomic E-state index is 11.6. The second kappa shape index (κ2) is 4.10. The molecule has 2 aliphatic heterocycles. The van der Waals surface area contributed by atoms with Crippen LogP contribution in [0.4, 0.5) is 0 Å². The molecule has 3 atom stereocenters. The number of hydrogen-bond donors (Lipinski definition) is 1. The van der Waals surface area contributed by atoms with Crippen LogP contribution in [0.5, 0.6) is 0 Å². The predicted octanol–water partition coefficient (Wildman–Crippen LogP) is -0.803. The second-order valence-electron chi connectivity index (χ2n) is 4.08. The first-order valence-electron chi connectivity index (χ1n) is 5.40. The lowest BCUT2D eigenvalue weighted by Crippen LogP contribution is -2.35. The van der Waals surface area contributed by atoms with Gasteiger partial charge < -0.3 is 14.2 Å². The molecule has 2 fully saturated rings. The first kappa shape index (κ1) is 10.7. The number of aromatic amines is 1. The molecule has 0 bridgehead atoms. The third kappa shape index (κ3) is 1.92. The molecule has 17 heavy (non-hydrogen) atoms. The van der Waals surface area contributed by atoms with Crippen LogP contribution in [0.3, 0.4) is 0 Å². The highest BCUT2D eigenvalue weighted by Crippen LogP contribution is 2.31. The highest BCUT2D eigenvalue weighted by atomic mass is 16.7. The van der Waals surface area contributed by atoms with Crippen molar-refractivity contribution < 1.29 is 14.2 Å². The van der Waals surface area contributed by atoms with Gasteiger partial charge in [0.25, 0.3) is 5.56 Å². The van der Waals surface area contributed by atoms with E-state index in [1.165, 1.54) is 16.8 Å². The van der Waals surface area contributed by atoms with Crippen LogP contribution in [-0.2, 0) is 14.2 Å². The Morgan fingerprint density at radius 2 is 2.24 bits per heavy atom. The first-order valence-corrected chi connectivity index (χ1v) is 5.40. The fraction of sp³-hybridized carbons (Fsp3) is 0.600. The van der Waals surface area contributed by atoms with E-state index >= 15 is 0 Å². The van der Waals surface area contributed by atoms with E-state index in [1.807, 2.05) is 0 Å². The summed E-state index contributed by atoms with van der Waals surface area (Å²) in [5.41, 5.74) is -0.886. The monoisotopic (exact) mass is 240 g/mol. The third-order valence-corrected chi connectivity index (χ3v) is 2.99. The standard InChI is InChI=1S/C10H12N2O5/c13-8-1-2-12(10(14)11-8)9-3-6-7(17-9)4-15-5-16-6/h1-2,6-7,9H,3-5H2,(H,11,13,14). The van der Waals surface area contributed by atoms with Crippen molar-refractivity contribution in [1.82, 2.24) is 9.55 Å². The van der Waals surface area contributed by atoms with Crippen molar-refractivity contribution in [2.75, 3.05) is 13.4 Å². The number of nitrogens with zero attached hydrogens (tertiary/aromatic N) is 1. The van der Waals surface area contributed by atoms with Crippen molar-refractivity contribution >= 4 is 0 Å². The lowest BCUT2D eigenvalue weighted by molar-refractivity contribution is -0.182. The zero-order valence-corrected chi connectivity index (χ0v) is 9.00. The number of aromatic nitrogens is 2. The number of fused-ring (bicyclic) bond motifs is 1. The van der Waals surface area contributed by atoms with E-state index in [0.29, 0.717) is 13.0 Å². The van der Waals surface area contributed by atoms with Gasteiger partial charge in [-0.3, -0.25) is 14.3 Å². The molecule has 3 unspecified atom stereocenters. The topological polar surface area (TPSA) is 82.5 Å². The van der Waals surface area contributed by atoms with E-state index in [0.717, 1.165) is 0 Å². The molecule has 1 aromatic heterocycles. The molecular formula is C10H12N2O5. The van der Waals surface area contributed by atoms with Gasteiger partial charge in [0.15, 0.2) is 0 Å². The van der Waals surface area contributed by atoms with Gasteiger partial charge in [-0.05, 0) is 0 Å². The van der Waals surface area contributed by atoms with E-state index in [2.05, 4.69) is 4.98 Å². The van der Waals surface area contributed by atoms with Crippen LogP contribution in [-0.4, -0.2) is 35.2 Å². The van der Waals surface area contributed by atoms with Crippen LogP contribution in [0.1, 0.15) is 12.6 Å². The molecule has 7 nitrogen and oxygen atoms in total. The third-order valence-electron chi connectivity index (χ3n) is 2.99.